The topological polar surface area (TPSA) is 122 Å². The summed E-state index contributed by atoms with van der Waals surface area (Å²) < 4.78 is 1.33. The lowest BCUT2D eigenvalue weighted by molar-refractivity contribution is 0.102. The zero-order valence-corrected chi connectivity index (χ0v) is 18.1. The number of carbonyl (C=O) groups is 1. The highest BCUT2D eigenvalue weighted by Crippen LogP contribution is 2.40. The lowest BCUT2D eigenvalue weighted by Crippen LogP contribution is -2.12. The van der Waals surface area contributed by atoms with Crippen molar-refractivity contribution < 1.29 is 9.90 Å². The first-order valence-electron chi connectivity index (χ1n) is 10.4. The number of nitrogens with zero attached hydrogens (tertiary/aromatic N) is 7. The molecule has 0 aliphatic heterocycles. The van der Waals surface area contributed by atoms with E-state index < -0.39 is 5.91 Å². The molecule has 0 bridgehead atoms. The maximum absolute atomic E-state index is 13.0. The molecule has 5 rings (SSSR count). The van der Waals surface area contributed by atoms with Crippen LogP contribution in [0.2, 0.25) is 0 Å². The Bertz CT molecular complexity index is 1610. The minimum absolute atomic E-state index is 0.0364. The van der Waals surface area contributed by atoms with Gasteiger partial charge in [-0.25, -0.2) is 9.53 Å². The molecule has 10 heteroatoms. The van der Waals surface area contributed by atoms with E-state index in [9.17, 15) is 9.90 Å². The molecule has 3 aromatic carbocycles. The highest BCUT2D eigenvalue weighted by molar-refractivity contribution is 6.11. The first kappa shape index (κ1) is 21.4. The van der Waals surface area contributed by atoms with Gasteiger partial charge in [0.05, 0.1) is 18.3 Å². The number of benzene rings is 3. The van der Waals surface area contributed by atoms with Gasteiger partial charge in [-0.3, -0.25) is 4.79 Å². The second-order valence-electron chi connectivity index (χ2n) is 7.32. The molecule has 0 atom stereocenters. The molecule has 0 spiro atoms. The van der Waals surface area contributed by atoms with Gasteiger partial charge in [0.1, 0.15) is 5.69 Å². The molecule has 2 heterocycles. The molecule has 35 heavy (non-hydrogen) atoms. The summed E-state index contributed by atoms with van der Waals surface area (Å²) >= 11 is 0. The SMILES string of the molecule is [C-]#[N+]c1cnn(-c2cccnn2)c1/N=N/c1c(O)c(C(=O)Nc2ccccc2)cc2ccccc12. The molecular formula is C25H16N8O2. The highest BCUT2D eigenvalue weighted by atomic mass is 16.3. The van der Waals surface area contributed by atoms with Crippen molar-refractivity contribution in [2.24, 2.45) is 10.2 Å². The third-order valence-electron chi connectivity index (χ3n) is 5.14. The summed E-state index contributed by atoms with van der Waals surface area (Å²) in [5.41, 5.74) is 0.849. The van der Waals surface area contributed by atoms with Crippen molar-refractivity contribution in [3.05, 3.63) is 102 Å². The van der Waals surface area contributed by atoms with Crippen molar-refractivity contribution in [2.45, 2.75) is 0 Å². The van der Waals surface area contributed by atoms with Crippen molar-refractivity contribution in [3.8, 4) is 11.6 Å². The summed E-state index contributed by atoms with van der Waals surface area (Å²) in [6.07, 6.45) is 2.86. The smallest absolute Gasteiger partial charge is 0.259 e. The van der Waals surface area contributed by atoms with Gasteiger partial charge >= 0.3 is 0 Å². The third-order valence-corrected chi connectivity index (χ3v) is 5.14. The van der Waals surface area contributed by atoms with Gasteiger partial charge in [0.15, 0.2) is 17.4 Å². The Morgan fingerprint density at radius 2 is 1.83 bits per heavy atom. The quantitative estimate of drug-likeness (QED) is 0.256. The van der Waals surface area contributed by atoms with Crippen LogP contribution in [0.5, 0.6) is 5.75 Å². The summed E-state index contributed by atoms with van der Waals surface area (Å²) in [5, 5.41) is 35.6. The number of rotatable bonds is 5. The average Bonchev–Trinajstić information content (AvgIpc) is 3.32. The maximum atomic E-state index is 13.0. The number of carbonyl (C=O) groups excluding carboxylic acids is 1. The number of hydrogen-bond donors (Lipinski definition) is 2. The van der Waals surface area contributed by atoms with Crippen LogP contribution in [-0.4, -0.2) is 31.0 Å². The van der Waals surface area contributed by atoms with Gasteiger partial charge in [-0.05, 0) is 35.7 Å². The Kier molecular flexibility index (Phi) is 5.63. The van der Waals surface area contributed by atoms with Crippen molar-refractivity contribution >= 4 is 39.6 Å². The molecular weight excluding hydrogens is 444 g/mol. The van der Waals surface area contributed by atoms with Crippen molar-refractivity contribution in [2.75, 3.05) is 5.32 Å². The molecule has 168 valence electrons. The number of aromatic hydroxyl groups is 1. The molecule has 0 aliphatic carbocycles. The van der Waals surface area contributed by atoms with Crippen LogP contribution in [0.1, 0.15) is 10.4 Å². The predicted molar refractivity (Wildman–Crippen MR) is 130 cm³/mol. The fourth-order valence-electron chi connectivity index (χ4n) is 3.49. The Labute approximate surface area is 199 Å². The van der Waals surface area contributed by atoms with Crippen LogP contribution in [0.4, 0.5) is 22.9 Å². The second kappa shape index (κ2) is 9.21. The Morgan fingerprint density at radius 3 is 2.60 bits per heavy atom. The lowest BCUT2D eigenvalue weighted by Gasteiger charge is -2.11. The molecule has 0 fully saturated rings. The lowest BCUT2D eigenvalue weighted by atomic mass is 10.0. The molecule has 5 aromatic rings. The van der Waals surface area contributed by atoms with Crippen molar-refractivity contribution in [1.29, 1.82) is 0 Å². The van der Waals surface area contributed by atoms with Crippen LogP contribution in [0, 0.1) is 6.57 Å². The van der Waals surface area contributed by atoms with Gasteiger partial charge in [0, 0.05) is 17.3 Å². The first-order chi connectivity index (χ1) is 17.2. The van der Waals surface area contributed by atoms with E-state index in [0.29, 0.717) is 22.3 Å². The van der Waals surface area contributed by atoms with E-state index in [4.69, 9.17) is 6.57 Å². The Morgan fingerprint density at radius 1 is 1.03 bits per heavy atom. The second-order valence-corrected chi connectivity index (χ2v) is 7.32. The molecule has 2 aromatic heterocycles. The minimum Gasteiger partial charge on any atom is -0.505 e. The van der Waals surface area contributed by atoms with Gasteiger partial charge in [-0.15, -0.1) is 15.3 Å². The van der Waals surface area contributed by atoms with E-state index in [1.54, 1.807) is 54.6 Å². The molecule has 1 amide bonds. The van der Waals surface area contributed by atoms with E-state index in [1.807, 2.05) is 18.2 Å². The van der Waals surface area contributed by atoms with E-state index in [1.165, 1.54) is 17.1 Å². The molecule has 0 radical (unpaired) electrons. The summed E-state index contributed by atoms with van der Waals surface area (Å²) in [5.74, 6) is -0.372. The van der Waals surface area contributed by atoms with Crippen LogP contribution in [0.15, 0.2) is 95.4 Å². The average molecular weight is 460 g/mol. The van der Waals surface area contributed by atoms with Gasteiger partial charge in [-0.2, -0.15) is 10.2 Å². The monoisotopic (exact) mass is 460 g/mol. The summed E-state index contributed by atoms with van der Waals surface area (Å²) in [6.45, 7) is 7.45. The standard InChI is InChI=1S/C25H16N8O2/c1-26-20-15-28-33(21-12-7-13-27-30-21)24(20)32-31-22-18-11-6-5-8-16(18)14-19(23(22)34)25(35)29-17-9-3-2-4-10-17/h2-15,34H,(H,29,35)/b32-31+. The number of aromatic nitrogens is 4. The summed E-state index contributed by atoms with van der Waals surface area (Å²) in [6, 6.07) is 21.0. The summed E-state index contributed by atoms with van der Waals surface area (Å²) in [7, 11) is 0. The minimum atomic E-state index is -0.498. The van der Waals surface area contributed by atoms with E-state index in [2.05, 4.69) is 35.7 Å². The molecule has 0 aliphatic rings. The fraction of sp³-hybridized carbons (Fsp3) is 0. The van der Waals surface area contributed by atoms with Crippen LogP contribution < -0.4 is 5.32 Å². The largest absolute Gasteiger partial charge is 0.505 e. The maximum Gasteiger partial charge on any atom is 0.259 e. The predicted octanol–water partition coefficient (Wildman–Crippen LogP) is 5.74. The fourth-order valence-corrected chi connectivity index (χ4v) is 3.49. The number of nitrogens with one attached hydrogen (secondary N) is 1. The van der Waals surface area contributed by atoms with Crippen molar-refractivity contribution in [1.82, 2.24) is 20.0 Å². The van der Waals surface area contributed by atoms with E-state index in [0.717, 1.165) is 0 Å². The number of azo groups is 1. The van der Waals surface area contributed by atoms with Crippen LogP contribution in [-0.2, 0) is 0 Å². The van der Waals surface area contributed by atoms with Gasteiger partial charge in [-0.1, -0.05) is 42.5 Å². The number of hydrogen-bond acceptors (Lipinski definition) is 7. The molecule has 0 saturated heterocycles. The van der Waals surface area contributed by atoms with Gasteiger partial charge < -0.3 is 10.4 Å². The van der Waals surface area contributed by atoms with Gasteiger partial charge in [0.25, 0.3) is 11.6 Å². The van der Waals surface area contributed by atoms with E-state index in [-0.39, 0.29) is 28.5 Å². The number of phenols is 1. The van der Waals surface area contributed by atoms with Crippen LogP contribution in [0.3, 0.4) is 0 Å². The number of phenolic OH excluding ortho intramolecular Hbond substituents is 1. The van der Waals surface area contributed by atoms with Gasteiger partial charge in [0.2, 0.25) is 0 Å². The number of para-hydroxylation sites is 1. The Hall–Kier alpha value is -5.43. The zero-order valence-electron chi connectivity index (χ0n) is 18.1. The molecule has 2 N–H and O–H groups in total. The normalized spacial score (nSPS) is 10.9. The summed E-state index contributed by atoms with van der Waals surface area (Å²) in [4.78, 5) is 16.4. The zero-order chi connectivity index (χ0) is 24.2. The van der Waals surface area contributed by atoms with Crippen LogP contribution >= 0.6 is 0 Å². The number of anilines is 1. The first-order valence-corrected chi connectivity index (χ1v) is 10.4. The van der Waals surface area contributed by atoms with Crippen LogP contribution in [0.25, 0.3) is 21.4 Å². The number of fused-ring (bicyclic) bond motifs is 1. The highest BCUT2D eigenvalue weighted by Gasteiger charge is 2.19. The third kappa shape index (κ3) is 4.17. The molecule has 0 saturated carbocycles. The van der Waals surface area contributed by atoms with Crippen molar-refractivity contribution in [3.63, 3.8) is 0 Å². The van der Waals surface area contributed by atoms with E-state index >= 15 is 0 Å². The molecule has 10 nitrogen and oxygen atoms in total. The molecule has 0 unspecified atom stereocenters. The number of amides is 1. The Balaban J connectivity index is 1.61.